The Morgan fingerprint density at radius 3 is 2.95 bits per heavy atom. The number of hydrogen-bond acceptors (Lipinski definition) is 2. The summed E-state index contributed by atoms with van der Waals surface area (Å²) >= 11 is 3.43. The van der Waals surface area contributed by atoms with Crippen molar-refractivity contribution in [2.75, 3.05) is 12.4 Å². The quantitative estimate of drug-likeness (QED) is 0.839. The van der Waals surface area contributed by atoms with Gasteiger partial charge in [0.2, 0.25) is 5.91 Å². The smallest absolute Gasteiger partial charge is 0.228 e. The number of carbonyl (C=O) groups excluding carboxylic acids is 1. The zero-order chi connectivity index (χ0) is 13.7. The van der Waals surface area contributed by atoms with Gasteiger partial charge in [0.15, 0.2) is 0 Å². The first-order valence-corrected chi connectivity index (χ1v) is 7.29. The summed E-state index contributed by atoms with van der Waals surface area (Å²) in [5.41, 5.74) is 2.00. The van der Waals surface area contributed by atoms with Gasteiger partial charge in [-0.3, -0.25) is 4.79 Å². The predicted molar refractivity (Wildman–Crippen MR) is 80.5 cm³/mol. The van der Waals surface area contributed by atoms with Crippen LogP contribution in [0, 0.1) is 0 Å². The predicted octanol–water partition coefficient (Wildman–Crippen LogP) is 4.29. The summed E-state index contributed by atoms with van der Waals surface area (Å²) in [6.07, 6.45) is 7.28. The van der Waals surface area contributed by atoms with Crippen molar-refractivity contribution in [1.29, 1.82) is 0 Å². The molecule has 0 aliphatic heterocycles. The highest BCUT2D eigenvalue weighted by atomic mass is 79.9. The minimum absolute atomic E-state index is 0.0297. The van der Waals surface area contributed by atoms with Crippen LogP contribution in [0.3, 0.4) is 0 Å². The maximum Gasteiger partial charge on any atom is 0.228 e. The van der Waals surface area contributed by atoms with E-state index in [0.717, 1.165) is 28.8 Å². The number of hydrogen-bond donors (Lipinski definition) is 1. The molecule has 1 aromatic carbocycles. The van der Waals surface area contributed by atoms with Gasteiger partial charge >= 0.3 is 0 Å². The van der Waals surface area contributed by atoms with Crippen molar-refractivity contribution in [3.63, 3.8) is 0 Å². The van der Waals surface area contributed by atoms with Crippen LogP contribution in [0.5, 0.6) is 5.75 Å². The lowest BCUT2D eigenvalue weighted by atomic mass is 9.97. The molecule has 0 radical (unpaired) electrons. The van der Waals surface area contributed by atoms with Crippen LogP contribution in [0.1, 0.15) is 32.1 Å². The van der Waals surface area contributed by atoms with Gasteiger partial charge in [0.25, 0.3) is 0 Å². The zero-order valence-electron chi connectivity index (χ0n) is 11.0. The Balaban J connectivity index is 2.00. The molecule has 0 spiro atoms. The van der Waals surface area contributed by atoms with E-state index < -0.39 is 0 Å². The van der Waals surface area contributed by atoms with E-state index in [0.29, 0.717) is 6.42 Å². The monoisotopic (exact) mass is 323 g/mol. The van der Waals surface area contributed by atoms with E-state index in [4.69, 9.17) is 4.74 Å². The molecule has 0 bridgehead atoms. The maximum atomic E-state index is 12.0. The summed E-state index contributed by atoms with van der Waals surface area (Å²) in [5, 5.41) is 2.93. The zero-order valence-corrected chi connectivity index (χ0v) is 12.6. The van der Waals surface area contributed by atoms with E-state index >= 15 is 0 Å². The second-order valence-corrected chi connectivity index (χ2v) is 5.53. The highest BCUT2D eigenvalue weighted by Gasteiger charge is 2.11. The Morgan fingerprint density at radius 1 is 1.42 bits per heavy atom. The summed E-state index contributed by atoms with van der Waals surface area (Å²) < 4.78 is 6.02. The molecule has 1 N–H and O–H groups in total. The van der Waals surface area contributed by atoms with Crippen molar-refractivity contribution in [2.45, 2.75) is 32.1 Å². The number of anilines is 1. The Kier molecular flexibility index (Phi) is 5.02. The van der Waals surface area contributed by atoms with Gasteiger partial charge in [0.05, 0.1) is 12.8 Å². The molecular weight excluding hydrogens is 306 g/mol. The van der Waals surface area contributed by atoms with Crippen LogP contribution < -0.4 is 10.1 Å². The fourth-order valence-corrected chi connectivity index (χ4v) is 2.54. The topological polar surface area (TPSA) is 38.3 Å². The van der Waals surface area contributed by atoms with Gasteiger partial charge in [-0.25, -0.2) is 0 Å². The first-order chi connectivity index (χ1) is 9.19. The van der Waals surface area contributed by atoms with E-state index in [1.54, 1.807) is 7.11 Å². The van der Waals surface area contributed by atoms with Crippen LogP contribution in [0.15, 0.2) is 34.3 Å². The van der Waals surface area contributed by atoms with Gasteiger partial charge in [0.1, 0.15) is 5.75 Å². The maximum absolute atomic E-state index is 12.0. The number of nitrogens with one attached hydrogen (secondary N) is 1. The molecule has 3 nitrogen and oxygen atoms in total. The molecule has 1 amide bonds. The molecule has 0 saturated carbocycles. The van der Waals surface area contributed by atoms with Gasteiger partial charge in [-0.15, -0.1) is 0 Å². The molecule has 102 valence electrons. The number of allylic oxidation sites excluding steroid dienone is 1. The van der Waals surface area contributed by atoms with Crippen LogP contribution in [-0.2, 0) is 4.79 Å². The lowest BCUT2D eigenvalue weighted by Crippen LogP contribution is -2.13. The second kappa shape index (κ2) is 6.75. The van der Waals surface area contributed by atoms with E-state index in [1.165, 1.54) is 18.4 Å². The summed E-state index contributed by atoms with van der Waals surface area (Å²) in [5.74, 6) is 0.762. The first kappa shape index (κ1) is 14.1. The van der Waals surface area contributed by atoms with E-state index in [-0.39, 0.29) is 5.91 Å². The number of rotatable bonds is 4. The molecule has 19 heavy (non-hydrogen) atoms. The fraction of sp³-hybridized carbons (Fsp3) is 0.400. The molecule has 0 atom stereocenters. The fourth-order valence-electron chi connectivity index (χ4n) is 2.19. The highest BCUT2D eigenvalue weighted by Crippen LogP contribution is 2.28. The van der Waals surface area contributed by atoms with Crippen LogP contribution in [0.2, 0.25) is 0 Å². The van der Waals surface area contributed by atoms with Crippen molar-refractivity contribution in [3.8, 4) is 5.75 Å². The summed E-state index contributed by atoms with van der Waals surface area (Å²) in [6, 6.07) is 5.54. The molecular formula is C15H18BrNO2. The second-order valence-electron chi connectivity index (χ2n) is 4.68. The van der Waals surface area contributed by atoms with Crippen molar-refractivity contribution < 1.29 is 9.53 Å². The number of halogens is 1. The minimum Gasteiger partial charge on any atom is -0.497 e. The van der Waals surface area contributed by atoms with Gasteiger partial charge in [-0.2, -0.15) is 0 Å². The molecule has 1 aliphatic rings. The number of amides is 1. The number of carbonyl (C=O) groups is 1. The minimum atomic E-state index is 0.0297. The molecule has 0 saturated heterocycles. The van der Waals surface area contributed by atoms with Gasteiger partial charge < -0.3 is 10.1 Å². The lowest BCUT2D eigenvalue weighted by molar-refractivity contribution is -0.115. The van der Waals surface area contributed by atoms with Gasteiger partial charge in [-0.1, -0.05) is 11.6 Å². The average Bonchev–Trinajstić information content (AvgIpc) is 2.42. The summed E-state index contributed by atoms with van der Waals surface area (Å²) in [6.45, 7) is 0. The van der Waals surface area contributed by atoms with Crippen molar-refractivity contribution >= 4 is 27.5 Å². The van der Waals surface area contributed by atoms with Crippen LogP contribution in [0.4, 0.5) is 5.69 Å². The van der Waals surface area contributed by atoms with Crippen LogP contribution in [0.25, 0.3) is 0 Å². The number of benzene rings is 1. The first-order valence-electron chi connectivity index (χ1n) is 6.50. The van der Waals surface area contributed by atoms with Crippen molar-refractivity contribution in [2.24, 2.45) is 0 Å². The average molecular weight is 324 g/mol. The number of methoxy groups -OCH3 is 1. The Bertz CT molecular complexity index is 497. The van der Waals surface area contributed by atoms with E-state index in [2.05, 4.69) is 27.3 Å². The van der Waals surface area contributed by atoms with E-state index in [1.807, 2.05) is 18.2 Å². The third-order valence-electron chi connectivity index (χ3n) is 3.22. The van der Waals surface area contributed by atoms with Gasteiger partial charge in [-0.05, 0) is 53.7 Å². The molecule has 0 aromatic heterocycles. The van der Waals surface area contributed by atoms with Crippen LogP contribution in [-0.4, -0.2) is 13.0 Å². The molecule has 1 aliphatic carbocycles. The Morgan fingerprint density at radius 2 is 2.26 bits per heavy atom. The van der Waals surface area contributed by atoms with Crippen LogP contribution >= 0.6 is 15.9 Å². The molecule has 0 fully saturated rings. The molecule has 0 heterocycles. The van der Waals surface area contributed by atoms with Gasteiger partial charge in [0, 0.05) is 17.0 Å². The standard InChI is InChI=1S/C15H18BrNO2/c1-19-12-7-8-13(16)14(10-12)17-15(18)9-11-5-3-2-4-6-11/h5,7-8,10H,2-4,6,9H2,1H3,(H,17,18). The van der Waals surface area contributed by atoms with E-state index in [9.17, 15) is 4.79 Å². The largest absolute Gasteiger partial charge is 0.497 e. The molecule has 2 rings (SSSR count). The normalized spacial score (nSPS) is 14.7. The summed E-state index contributed by atoms with van der Waals surface area (Å²) in [4.78, 5) is 12.0. The SMILES string of the molecule is COc1ccc(Br)c(NC(=O)CC2=CCCCC2)c1. The molecule has 4 heteroatoms. The Hall–Kier alpha value is -1.29. The molecule has 1 aromatic rings. The van der Waals surface area contributed by atoms with Crippen molar-refractivity contribution in [3.05, 3.63) is 34.3 Å². The number of ether oxygens (including phenoxy) is 1. The lowest BCUT2D eigenvalue weighted by Gasteiger charge is -2.13. The summed E-state index contributed by atoms with van der Waals surface area (Å²) in [7, 11) is 1.61. The van der Waals surface area contributed by atoms with Crippen molar-refractivity contribution in [1.82, 2.24) is 0 Å². The highest BCUT2D eigenvalue weighted by molar-refractivity contribution is 9.10. The molecule has 0 unspecified atom stereocenters. The third kappa shape index (κ3) is 4.10. The third-order valence-corrected chi connectivity index (χ3v) is 3.91. The Labute approximate surface area is 122 Å².